The van der Waals surface area contributed by atoms with E-state index in [0.29, 0.717) is 77.0 Å². The maximum absolute atomic E-state index is 13.0. The molecule has 8 saturated carbocycles. The summed E-state index contributed by atoms with van der Waals surface area (Å²) in [6.07, 6.45) is -19.1. The summed E-state index contributed by atoms with van der Waals surface area (Å²) in [6, 6.07) is 21.4. The van der Waals surface area contributed by atoms with Gasteiger partial charge in [-0.3, -0.25) is 19.2 Å². The molecule has 0 radical (unpaired) electrons. The Bertz CT molecular complexity index is 4580. The van der Waals surface area contributed by atoms with Gasteiger partial charge >= 0.3 is 24.7 Å². The van der Waals surface area contributed by atoms with E-state index in [0.717, 1.165) is 100 Å². The van der Waals surface area contributed by atoms with Crippen LogP contribution in [0.2, 0.25) is 20.1 Å². The summed E-state index contributed by atoms with van der Waals surface area (Å²) in [5.41, 5.74) is -3.27. The summed E-state index contributed by atoms with van der Waals surface area (Å²) in [5, 5.41) is 42.8. The van der Waals surface area contributed by atoms with E-state index in [1.165, 1.54) is 0 Å². The smallest absolute Gasteiger partial charge is 0.425 e. The molecule has 4 aromatic rings. The predicted molar refractivity (Wildman–Crippen MR) is 407 cm³/mol. The zero-order chi connectivity index (χ0) is 89.3. The summed E-state index contributed by atoms with van der Waals surface area (Å²) in [7, 11) is -15.6. The molecule has 0 bridgehead atoms. The summed E-state index contributed by atoms with van der Waals surface area (Å²) in [5.74, 6) is -4.20. The molecule has 44 heteroatoms. The Morgan fingerprint density at radius 3 is 0.642 bits per heavy atom. The number of carbonyl (C=O) groups is 4. The van der Waals surface area contributed by atoms with Crippen LogP contribution in [0.5, 0.6) is 23.0 Å². The third-order valence-electron chi connectivity index (χ3n) is 22.0. The molecule has 0 aliphatic heterocycles. The molecule has 12 rings (SSSR count). The first kappa shape index (κ1) is 95.9. The third-order valence-corrected chi connectivity index (χ3v) is 32.8. The van der Waals surface area contributed by atoms with Gasteiger partial charge in [0.05, 0.1) is 84.9 Å². The molecule has 24 nitrogen and oxygen atoms in total. The van der Waals surface area contributed by atoms with Gasteiger partial charge < -0.3 is 40.2 Å². The minimum atomic E-state index is -4.57. The van der Waals surface area contributed by atoms with Crippen molar-refractivity contribution in [3.05, 3.63) is 92.9 Å². The molecule has 4 amide bonds. The highest BCUT2D eigenvalue weighted by molar-refractivity contribution is 7.93. The number of nitriles is 4. The lowest BCUT2D eigenvalue weighted by atomic mass is 10.1. The molecule has 8 fully saturated rings. The van der Waals surface area contributed by atoms with Crippen LogP contribution in [0.1, 0.15) is 156 Å². The molecule has 4 N–H and O–H groups in total. The molecule has 0 aromatic heterocycles. The average Bonchev–Trinajstić information content (AvgIpc) is 1.73. The van der Waals surface area contributed by atoms with E-state index in [1.54, 1.807) is 0 Å². The summed E-state index contributed by atoms with van der Waals surface area (Å²) in [4.78, 5) is 48.6. The number of nitrogens with zero attached hydrogens (tertiary/aromatic N) is 4. The number of benzene rings is 4. The van der Waals surface area contributed by atoms with Crippen LogP contribution in [0, 0.1) is 69.0 Å². The zero-order valence-corrected chi connectivity index (χ0v) is 70.3. The second-order valence-electron chi connectivity index (χ2n) is 31.0. The van der Waals surface area contributed by atoms with Gasteiger partial charge in [-0.05, 0) is 205 Å². The summed E-state index contributed by atoms with van der Waals surface area (Å²) < 4.78 is 275. The molecule has 4 aromatic carbocycles. The van der Waals surface area contributed by atoms with Crippen molar-refractivity contribution in [1.29, 1.82) is 21.0 Å². The molecular weight excluding hydrogens is 1780 g/mol. The minimum absolute atomic E-state index is 0.0926. The van der Waals surface area contributed by atoms with Crippen LogP contribution < -0.4 is 40.2 Å². The Morgan fingerprint density at radius 1 is 0.342 bits per heavy atom. The maximum Gasteiger partial charge on any atom is 0.425 e. The van der Waals surface area contributed by atoms with E-state index in [9.17, 15) is 106 Å². The number of ether oxygens (including phenoxy) is 4. The van der Waals surface area contributed by atoms with Crippen molar-refractivity contribution in [1.82, 2.24) is 21.3 Å². The van der Waals surface area contributed by atoms with E-state index in [2.05, 4.69) is 45.5 Å². The first-order valence-electron chi connectivity index (χ1n) is 37.5. The number of hydrogen-bond donors (Lipinski definition) is 4. The second kappa shape index (κ2) is 36.5. The molecule has 8 aliphatic rings. The van der Waals surface area contributed by atoms with Crippen molar-refractivity contribution in [2.75, 3.05) is 0 Å². The number of sulfone groups is 4. The van der Waals surface area contributed by atoms with Gasteiger partial charge in [-0.1, -0.05) is 46.4 Å². The number of hydrogen-bond acceptors (Lipinski definition) is 20. The van der Waals surface area contributed by atoms with E-state index in [4.69, 9.17) is 86.4 Å². The monoisotopic (exact) mass is 1860 g/mol. The number of halogens is 16. The van der Waals surface area contributed by atoms with E-state index < -0.39 is 155 Å². The van der Waals surface area contributed by atoms with Gasteiger partial charge in [0.1, 0.15) is 45.2 Å². The second-order valence-corrected chi connectivity index (χ2v) is 41.4. The molecular formula is C76H80Cl4F12N8O16S4. The SMILES string of the molecule is C[C@@H](Oc1ccc(S(=O)(=O)[C@@H]2CC[C@@H](C(=O)NC3(C#N)CC3)C2)c(Cl)c1)C(F)(F)F.C[C@@H](Oc1ccc(S(=O)(=O)[C@H]2CC[C@H](C(=O)NC3(C#N)CC3)C2)c(Cl)c1)C(F)(F)F.C[C@H](Oc1ccc(S(=O)(=O)[C@@H]2CC[C@@H](C(=O)NC3(C#N)CC3)C2)c(Cl)c1)C(F)(F)F.C[C@H](Oc1ccc(S(=O)(=O)[C@H]2CC[C@H](C(=O)NC3(C#N)CC3)C2)c(Cl)c1)C(F)(F)F. The molecule has 656 valence electrons. The first-order chi connectivity index (χ1) is 55.5. The number of amides is 4. The highest BCUT2D eigenvalue weighted by atomic mass is 35.5. The highest BCUT2D eigenvalue weighted by Gasteiger charge is 2.53. The number of carbonyl (C=O) groups excluding carboxylic acids is 4. The Balaban J connectivity index is 0.000000182. The van der Waals surface area contributed by atoms with Crippen molar-refractivity contribution in [3.63, 3.8) is 0 Å². The largest absolute Gasteiger partial charge is 0.481 e. The highest BCUT2D eigenvalue weighted by Crippen LogP contribution is 2.47. The van der Waals surface area contributed by atoms with Gasteiger partial charge in [0.25, 0.3) is 0 Å². The van der Waals surface area contributed by atoms with Gasteiger partial charge in [0.2, 0.25) is 23.6 Å². The Kier molecular flexibility index (Phi) is 29.1. The fourth-order valence-corrected chi connectivity index (χ4v) is 23.2. The van der Waals surface area contributed by atoms with Crippen LogP contribution >= 0.6 is 46.4 Å². The maximum atomic E-state index is 13.0. The van der Waals surface area contributed by atoms with E-state index >= 15 is 0 Å². The summed E-state index contributed by atoms with van der Waals surface area (Å²) in [6.45, 7) is 3.33. The van der Waals surface area contributed by atoms with Crippen molar-refractivity contribution in [2.45, 2.75) is 268 Å². The van der Waals surface area contributed by atoms with Crippen molar-refractivity contribution in [2.24, 2.45) is 23.7 Å². The fourth-order valence-electron chi connectivity index (χ4n) is 13.7. The van der Waals surface area contributed by atoms with Crippen LogP contribution in [-0.4, -0.2) is 150 Å². The normalized spacial score (nSPS) is 24.0. The van der Waals surface area contributed by atoms with Gasteiger partial charge in [0.15, 0.2) is 63.8 Å². The topological polar surface area (TPSA) is 385 Å². The van der Waals surface area contributed by atoms with E-state index in [-0.39, 0.29) is 138 Å². The van der Waals surface area contributed by atoms with Crippen LogP contribution in [0.15, 0.2) is 92.4 Å². The molecule has 0 spiro atoms. The van der Waals surface area contributed by atoms with Crippen molar-refractivity contribution >= 4 is 109 Å². The van der Waals surface area contributed by atoms with Crippen LogP contribution in [0.3, 0.4) is 0 Å². The lowest BCUT2D eigenvalue weighted by molar-refractivity contribution is -0.189. The molecule has 0 unspecified atom stereocenters. The quantitative estimate of drug-likeness (QED) is 0.0473. The van der Waals surface area contributed by atoms with Crippen molar-refractivity contribution in [3.8, 4) is 47.3 Å². The summed E-state index contributed by atoms with van der Waals surface area (Å²) >= 11 is 24.2. The van der Waals surface area contributed by atoms with E-state index in [1.807, 2.05) is 0 Å². The third kappa shape index (κ3) is 23.5. The standard InChI is InChI=1S/4C19H20ClF3N2O4S/c4*1-11(19(21,22)23)29-13-3-5-16(15(20)9-13)30(27,28)14-4-2-12(8-14)17(26)25-18(10-24)6-7-18/h4*3,5,9,11-12,14H,2,4,6-8H2,1H3,(H,25,26)/t2*11-,12+,14+;2*11-,12-,14-/m1010/s1. The Labute approximate surface area is 703 Å². The average molecular weight is 1860 g/mol. The number of nitrogens with one attached hydrogen (secondary N) is 4. The molecule has 8 aliphatic carbocycles. The molecule has 120 heavy (non-hydrogen) atoms. The Hall–Kier alpha value is -7.96. The molecule has 0 heterocycles. The zero-order valence-electron chi connectivity index (χ0n) is 64.0. The molecule has 0 saturated heterocycles. The van der Waals surface area contributed by atoms with Gasteiger partial charge in [-0.2, -0.15) is 73.7 Å². The number of rotatable bonds is 24. The van der Waals surface area contributed by atoms with Gasteiger partial charge in [0, 0.05) is 47.9 Å². The van der Waals surface area contributed by atoms with Gasteiger partial charge in [-0.15, -0.1) is 0 Å². The predicted octanol–water partition coefficient (Wildman–Crippen LogP) is 15.1. The Morgan fingerprint density at radius 2 is 0.508 bits per heavy atom. The van der Waals surface area contributed by atoms with Crippen LogP contribution in [-0.2, 0) is 58.5 Å². The lowest BCUT2D eigenvalue weighted by Gasteiger charge is -2.19. The fraction of sp³-hybridized carbons (Fsp3) is 0.579. The molecule has 12 atom stereocenters. The van der Waals surface area contributed by atoms with Crippen LogP contribution in [0.25, 0.3) is 0 Å². The minimum Gasteiger partial charge on any atom is -0.481 e. The lowest BCUT2D eigenvalue weighted by Crippen LogP contribution is -2.39. The van der Waals surface area contributed by atoms with Crippen LogP contribution in [0.4, 0.5) is 52.7 Å². The van der Waals surface area contributed by atoms with Gasteiger partial charge in [-0.25, -0.2) is 33.7 Å². The van der Waals surface area contributed by atoms with Crippen molar-refractivity contribution < 1.29 is 124 Å². The number of alkyl halides is 12. The first-order valence-corrected chi connectivity index (χ1v) is 45.2.